The summed E-state index contributed by atoms with van der Waals surface area (Å²) in [5.41, 5.74) is 0.373. The molecule has 0 fully saturated rings. The number of rotatable bonds is 6. The van der Waals surface area contributed by atoms with E-state index in [1.807, 2.05) is 37.3 Å². The van der Waals surface area contributed by atoms with E-state index < -0.39 is 33.0 Å². The second-order valence-electron chi connectivity index (χ2n) is 8.51. The molecule has 3 aromatic carbocycles. The molecule has 0 radical (unpaired) electrons. The number of nitrogens with one attached hydrogen (secondary N) is 1. The Balaban J connectivity index is 1.61. The Morgan fingerprint density at radius 3 is 2.39 bits per heavy atom. The van der Waals surface area contributed by atoms with Gasteiger partial charge in [0.15, 0.2) is 0 Å². The number of halogens is 4. The van der Waals surface area contributed by atoms with Gasteiger partial charge in [0, 0.05) is 23.4 Å². The Bertz CT molecular complexity index is 1330. The minimum atomic E-state index is -4.59. The number of non-ortho nitro benzene ring substituents is 1. The zero-order chi connectivity index (χ0) is 26.1. The number of amides is 1. The van der Waals surface area contributed by atoms with Crippen molar-refractivity contribution in [2.75, 3.05) is 18.4 Å². The topological polar surface area (TPSA) is 87.8 Å². The lowest BCUT2D eigenvalue weighted by Crippen LogP contribution is -2.38. The Kier molecular flexibility index (Phi) is 6.73. The molecule has 0 saturated carbocycles. The number of benzene rings is 3. The van der Waals surface area contributed by atoms with Crippen LogP contribution >= 0.6 is 11.6 Å². The number of nitro benzene ring substituents is 1. The van der Waals surface area contributed by atoms with Gasteiger partial charge in [0.1, 0.15) is 6.54 Å². The van der Waals surface area contributed by atoms with Gasteiger partial charge in [0.25, 0.3) is 5.69 Å². The van der Waals surface area contributed by atoms with Crippen molar-refractivity contribution < 1.29 is 22.9 Å². The first-order chi connectivity index (χ1) is 17.0. The molecule has 1 heterocycles. The van der Waals surface area contributed by atoms with Gasteiger partial charge in [-0.2, -0.15) is 18.3 Å². The van der Waals surface area contributed by atoms with Crippen molar-refractivity contribution in [2.24, 2.45) is 5.10 Å². The van der Waals surface area contributed by atoms with E-state index in [2.05, 4.69) is 10.4 Å². The maximum atomic E-state index is 13.2. The number of carbonyl (C=O) groups excluding carboxylic acids is 1. The van der Waals surface area contributed by atoms with Crippen LogP contribution in [-0.4, -0.2) is 34.6 Å². The van der Waals surface area contributed by atoms with E-state index in [0.717, 1.165) is 11.6 Å². The summed E-state index contributed by atoms with van der Waals surface area (Å²) in [4.78, 5) is 23.0. The van der Waals surface area contributed by atoms with E-state index in [1.54, 1.807) is 0 Å². The zero-order valence-corrected chi connectivity index (χ0v) is 19.7. The van der Waals surface area contributed by atoms with Crippen LogP contribution in [0.5, 0.6) is 0 Å². The van der Waals surface area contributed by atoms with Gasteiger partial charge in [-0.15, -0.1) is 0 Å². The molecule has 1 aliphatic heterocycles. The normalized spacial score (nSPS) is 17.6. The second-order valence-corrected chi connectivity index (χ2v) is 8.92. The van der Waals surface area contributed by atoms with Crippen molar-refractivity contribution in [1.29, 1.82) is 0 Å². The molecule has 186 valence electrons. The van der Waals surface area contributed by atoms with E-state index in [0.29, 0.717) is 23.5 Å². The van der Waals surface area contributed by atoms with Crippen LogP contribution in [0, 0.1) is 10.1 Å². The van der Waals surface area contributed by atoms with Crippen LogP contribution in [0.15, 0.2) is 77.9 Å². The van der Waals surface area contributed by atoms with Gasteiger partial charge >= 0.3 is 6.18 Å². The molecule has 11 heteroatoms. The van der Waals surface area contributed by atoms with Gasteiger partial charge in [-0.3, -0.25) is 19.9 Å². The SMILES string of the molecule is CC1(c2ccccc2)CN(CC(=O)Nc2ccc([N+](=O)[O-])cc2)N=C1c1ccc(C(F)(F)F)c(Cl)c1. The highest BCUT2D eigenvalue weighted by molar-refractivity contribution is 6.32. The lowest BCUT2D eigenvalue weighted by atomic mass is 9.76. The molecule has 0 saturated heterocycles. The smallest absolute Gasteiger partial charge is 0.324 e. The standard InChI is InChI=1S/C25H20ClF3N4O3/c1-24(17-5-3-2-4-6-17)15-32(14-22(34)30-18-8-10-19(11-9-18)33(35)36)31-23(24)16-7-12-20(21(26)13-16)25(27,28)29/h2-13H,14-15H2,1H3,(H,30,34). The Morgan fingerprint density at radius 1 is 1.14 bits per heavy atom. The van der Waals surface area contributed by atoms with E-state index in [9.17, 15) is 28.1 Å². The fourth-order valence-corrected chi connectivity index (χ4v) is 4.44. The lowest BCUT2D eigenvalue weighted by molar-refractivity contribution is -0.384. The monoisotopic (exact) mass is 516 g/mol. The lowest BCUT2D eigenvalue weighted by Gasteiger charge is -2.27. The average Bonchev–Trinajstić information content (AvgIpc) is 3.16. The largest absolute Gasteiger partial charge is 0.417 e. The van der Waals surface area contributed by atoms with E-state index in [1.165, 1.54) is 41.4 Å². The molecule has 36 heavy (non-hydrogen) atoms. The van der Waals surface area contributed by atoms with E-state index in [-0.39, 0.29) is 12.2 Å². The summed E-state index contributed by atoms with van der Waals surface area (Å²) in [6, 6.07) is 18.2. The highest BCUT2D eigenvalue weighted by atomic mass is 35.5. The Labute approximate surface area is 209 Å². The molecule has 1 aliphatic rings. The minimum absolute atomic E-state index is 0.101. The summed E-state index contributed by atoms with van der Waals surface area (Å²) in [6.45, 7) is 2.05. The van der Waals surface area contributed by atoms with Crippen LogP contribution in [0.1, 0.15) is 23.6 Å². The third kappa shape index (κ3) is 5.18. The van der Waals surface area contributed by atoms with E-state index >= 15 is 0 Å². The third-order valence-electron chi connectivity index (χ3n) is 5.91. The highest BCUT2D eigenvalue weighted by Gasteiger charge is 2.42. The summed E-state index contributed by atoms with van der Waals surface area (Å²) >= 11 is 5.98. The number of alkyl halides is 3. The fraction of sp³-hybridized carbons (Fsp3) is 0.200. The maximum absolute atomic E-state index is 13.2. The van der Waals surface area contributed by atoms with Crippen LogP contribution in [0.25, 0.3) is 0 Å². The fourth-order valence-electron chi connectivity index (χ4n) is 4.15. The molecule has 1 N–H and O–H groups in total. The van der Waals surface area contributed by atoms with E-state index in [4.69, 9.17) is 11.6 Å². The summed E-state index contributed by atoms with van der Waals surface area (Å²) in [6.07, 6.45) is -4.59. The zero-order valence-electron chi connectivity index (χ0n) is 18.9. The first kappa shape index (κ1) is 25.2. The van der Waals surface area contributed by atoms with Crippen LogP contribution in [0.2, 0.25) is 5.02 Å². The molecule has 1 amide bonds. The van der Waals surface area contributed by atoms with Crippen LogP contribution in [0.3, 0.4) is 0 Å². The van der Waals surface area contributed by atoms with Crippen molar-refractivity contribution in [1.82, 2.24) is 5.01 Å². The van der Waals surface area contributed by atoms with Crippen LogP contribution in [0.4, 0.5) is 24.5 Å². The first-order valence-corrected chi connectivity index (χ1v) is 11.2. The summed E-state index contributed by atoms with van der Waals surface area (Å²) in [5, 5.41) is 19.2. The van der Waals surface area contributed by atoms with Crippen molar-refractivity contribution in [3.8, 4) is 0 Å². The molecule has 1 atom stereocenters. The average molecular weight is 517 g/mol. The summed E-state index contributed by atoms with van der Waals surface area (Å²) < 4.78 is 39.7. The van der Waals surface area contributed by atoms with Crippen molar-refractivity contribution in [3.05, 3.63) is 105 Å². The number of nitro groups is 1. The number of hydrazone groups is 1. The van der Waals surface area contributed by atoms with Gasteiger partial charge < -0.3 is 5.32 Å². The molecular weight excluding hydrogens is 497 g/mol. The molecule has 1 unspecified atom stereocenters. The minimum Gasteiger partial charge on any atom is -0.324 e. The summed E-state index contributed by atoms with van der Waals surface area (Å²) in [5.74, 6) is -0.408. The molecule has 0 bridgehead atoms. The van der Waals surface area contributed by atoms with Gasteiger partial charge in [0.05, 0.1) is 33.2 Å². The predicted octanol–water partition coefficient (Wildman–Crippen LogP) is 5.88. The molecule has 0 spiro atoms. The van der Waals surface area contributed by atoms with Crippen LogP contribution < -0.4 is 5.32 Å². The third-order valence-corrected chi connectivity index (χ3v) is 6.22. The Hall–Kier alpha value is -3.92. The first-order valence-electron chi connectivity index (χ1n) is 10.8. The number of hydrogen-bond donors (Lipinski definition) is 1. The van der Waals surface area contributed by atoms with Crippen molar-refractivity contribution in [3.63, 3.8) is 0 Å². The summed E-state index contributed by atoms with van der Waals surface area (Å²) in [7, 11) is 0. The maximum Gasteiger partial charge on any atom is 0.417 e. The molecule has 7 nitrogen and oxygen atoms in total. The number of carbonyl (C=O) groups is 1. The van der Waals surface area contributed by atoms with Gasteiger partial charge in [-0.1, -0.05) is 48.0 Å². The van der Waals surface area contributed by atoms with Crippen molar-refractivity contribution >= 4 is 34.6 Å². The number of nitrogens with zero attached hydrogens (tertiary/aromatic N) is 3. The molecular formula is C25H20ClF3N4O3. The molecule has 0 aromatic heterocycles. The molecule has 0 aliphatic carbocycles. The molecule has 3 aromatic rings. The Morgan fingerprint density at radius 2 is 1.81 bits per heavy atom. The van der Waals surface area contributed by atoms with Crippen LogP contribution in [-0.2, 0) is 16.4 Å². The molecule has 4 rings (SSSR count). The number of hydrogen-bond acceptors (Lipinski definition) is 5. The highest BCUT2D eigenvalue weighted by Crippen LogP contribution is 2.39. The van der Waals surface area contributed by atoms with Crippen molar-refractivity contribution in [2.45, 2.75) is 18.5 Å². The predicted molar refractivity (Wildman–Crippen MR) is 130 cm³/mol. The van der Waals surface area contributed by atoms with Gasteiger partial charge in [-0.05, 0) is 36.8 Å². The number of anilines is 1. The van der Waals surface area contributed by atoms with Gasteiger partial charge in [-0.25, -0.2) is 0 Å². The second kappa shape index (κ2) is 9.62. The van der Waals surface area contributed by atoms with Gasteiger partial charge in [0.2, 0.25) is 5.91 Å². The quantitative estimate of drug-likeness (QED) is 0.327.